The number of fused-ring (bicyclic) bond motifs is 5. The number of nitrogens with one attached hydrogen (secondary N) is 1. The fourth-order valence-corrected chi connectivity index (χ4v) is 5.58. The van der Waals surface area contributed by atoms with Gasteiger partial charge in [0.1, 0.15) is 10.6 Å². The van der Waals surface area contributed by atoms with Gasteiger partial charge in [0.25, 0.3) is 0 Å². The molecule has 4 heterocycles. The van der Waals surface area contributed by atoms with Crippen LogP contribution in [0, 0.1) is 0 Å². The Hall–Kier alpha value is -1.48. The van der Waals surface area contributed by atoms with Crippen molar-refractivity contribution in [2.45, 2.75) is 70.7 Å². The summed E-state index contributed by atoms with van der Waals surface area (Å²) in [7, 11) is 0. The van der Waals surface area contributed by atoms with Gasteiger partial charge in [0.15, 0.2) is 5.16 Å². The molecule has 0 unspecified atom stereocenters. The monoisotopic (exact) mass is 460 g/mol. The highest BCUT2D eigenvalue weighted by atomic mass is 32.2. The van der Waals surface area contributed by atoms with E-state index in [0.29, 0.717) is 12.5 Å². The van der Waals surface area contributed by atoms with Gasteiger partial charge in [0, 0.05) is 37.1 Å². The molecule has 3 aromatic rings. The molecule has 0 bridgehead atoms. The number of aromatic nitrogens is 3. The van der Waals surface area contributed by atoms with E-state index in [2.05, 4.69) is 33.0 Å². The molecule has 3 aromatic heterocycles. The van der Waals surface area contributed by atoms with E-state index in [9.17, 15) is 0 Å². The van der Waals surface area contributed by atoms with E-state index in [-0.39, 0.29) is 5.60 Å². The number of anilines is 1. The summed E-state index contributed by atoms with van der Waals surface area (Å²) in [5.74, 6) is 1.25. The van der Waals surface area contributed by atoms with E-state index >= 15 is 0 Å². The molecular weight excluding hydrogens is 428 g/mol. The van der Waals surface area contributed by atoms with Crippen LogP contribution >= 0.6 is 23.1 Å². The minimum Gasteiger partial charge on any atom is -0.382 e. The van der Waals surface area contributed by atoms with Crippen LogP contribution in [0.15, 0.2) is 5.16 Å². The summed E-state index contributed by atoms with van der Waals surface area (Å²) in [6.45, 7) is 13.7. The Labute approximate surface area is 192 Å². The number of pyridine rings is 1. The Kier molecular flexibility index (Phi) is 6.72. The molecule has 1 aliphatic rings. The van der Waals surface area contributed by atoms with Crippen LogP contribution in [0.1, 0.15) is 63.8 Å². The third-order valence-corrected chi connectivity index (χ3v) is 7.22. The molecule has 0 amide bonds. The Morgan fingerprint density at radius 3 is 2.74 bits per heavy atom. The number of hydrogen-bond donors (Lipinski definition) is 1. The smallest absolute Gasteiger partial charge is 0.189 e. The van der Waals surface area contributed by atoms with Crippen molar-refractivity contribution in [3.63, 3.8) is 0 Å². The molecule has 0 aliphatic carbocycles. The molecule has 0 fully saturated rings. The highest BCUT2D eigenvalue weighted by Crippen LogP contribution is 2.43. The van der Waals surface area contributed by atoms with E-state index < -0.39 is 0 Å². The van der Waals surface area contributed by atoms with Crippen LogP contribution in [0.25, 0.3) is 20.4 Å². The molecule has 6 nitrogen and oxygen atoms in total. The lowest BCUT2D eigenvalue weighted by atomic mass is 9.87. The number of nitrogens with zero attached hydrogens (tertiary/aromatic N) is 3. The van der Waals surface area contributed by atoms with Crippen LogP contribution in [0.4, 0.5) is 5.82 Å². The number of hydrogen-bond acceptors (Lipinski definition) is 8. The van der Waals surface area contributed by atoms with Gasteiger partial charge in [-0.3, -0.25) is 0 Å². The molecule has 0 aromatic carbocycles. The Balaban J connectivity index is 1.88. The van der Waals surface area contributed by atoms with Gasteiger partial charge >= 0.3 is 0 Å². The van der Waals surface area contributed by atoms with Crippen LogP contribution in [0.2, 0.25) is 0 Å². The third kappa shape index (κ3) is 4.53. The number of thiophene rings is 1. The predicted octanol–water partition coefficient (Wildman–Crippen LogP) is 5.77. The molecule has 0 saturated carbocycles. The molecule has 0 spiro atoms. The highest BCUT2D eigenvalue weighted by molar-refractivity contribution is 7.98. The molecule has 4 rings (SSSR count). The molecule has 1 N–H and O–H groups in total. The van der Waals surface area contributed by atoms with E-state index in [1.54, 1.807) is 23.1 Å². The fraction of sp³-hybridized carbons (Fsp3) is 0.609. The zero-order valence-corrected chi connectivity index (χ0v) is 20.9. The summed E-state index contributed by atoms with van der Waals surface area (Å²) in [5, 5.41) is 5.50. The second-order valence-electron chi connectivity index (χ2n) is 8.83. The maximum Gasteiger partial charge on any atom is 0.189 e. The van der Waals surface area contributed by atoms with E-state index in [1.807, 2.05) is 13.2 Å². The van der Waals surface area contributed by atoms with Gasteiger partial charge in [-0.1, -0.05) is 25.6 Å². The lowest BCUT2D eigenvalue weighted by Gasteiger charge is -2.33. The first-order chi connectivity index (χ1) is 14.8. The summed E-state index contributed by atoms with van der Waals surface area (Å²) in [5.41, 5.74) is 4.57. The molecule has 0 saturated heterocycles. The van der Waals surface area contributed by atoms with Crippen molar-refractivity contribution < 1.29 is 9.47 Å². The summed E-state index contributed by atoms with van der Waals surface area (Å²) >= 11 is 3.28. The largest absolute Gasteiger partial charge is 0.382 e. The van der Waals surface area contributed by atoms with Crippen LogP contribution < -0.4 is 5.32 Å². The normalized spacial score (nSPS) is 15.7. The van der Waals surface area contributed by atoms with Crippen molar-refractivity contribution in [2.75, 3.05) is 31.3 Å². The first-order valence-electron chi connectivity index (χ1n) is 11.0. The second kappa shape index (κ2) is 9.17. The van der Waals surface area contributed by atoms with Gasteiger partial charge < -0.3 is 14.8 Å². The van der Waals surface area contributed by atoms with Gasteiger partial charge in [0.2, 0.25) is 0 Å². The minimum absolute atomic E-state index is 0.195. The fourth-order valence-electron chi connectivity index (χ4n) is 4.09. The maximum absolute atomic E-state index is 6.18. The van der Waals surface area contributed by atoms with E-state index in [4.69, 9.17) is 24.4 Å². The molecule has 168 valence electrons. The summed E-state index contributed by atoms with van der Waals surface area (Å²) < 4.78 is 12.7. The Bertz CT molecular complexity index is 1090. The maximum atomic E-state index is 6.18. The van der Waals surface area contributed by atoms with E-state index in [0.717, 1.165) is 64.3 Å². The minimum atomic E-state index is -0.195. The predicted molar refractivity (Wildman–Crippen MR) is 131 cm³/mol. The van der Waals surface area contributed by atoms with Crippen molar-refractivity contribution in [2.24, 2.45) is 0 Å². The quantitative estimate of drug-likeness (QED) is 0.260. The van der Waals surface area contributed by atoms with Crippen molar-refractivity contribution in [3.05, 3.63) is 16.8 Å². The molecule has 0 radical (unpaired) electrons. The Morgan fingerprint density at radius 1 is 1.23 bits per heavy atom. The van der Waals surface area contributed by atoms with Crippen LogP contribution in [-0.4, -0.2) is 46.6 Å². The SMILES string of the molecule is CCOCCCNc1nc(SC)nc2c1sc1nc(C(C)C)c3c(c12)CC(C)(C)OC3. The van der Waals surface area contributed by atoms with Gasteiger partial charge in [-0.15, -0.1) is 11.3 Å². The van der Waals surface area contributed by atoms with Crippen LogP contribution in [0.3, 0.4) is 0 Å². The second-order valence-corrected chi connectivity index (χ2v) is 10.6. The van der Waals surface area contributed by atoms with Gasteiger partial charge in [0.05, 0.1) is 28.1 Å². The highest BCUT2D eigenvalue weighted by Gasteiger charge is 2.32. The lowest BCUT2D eigenvalue weighted by molar-refractivity contribution is -0.0402. The summed E-state index contributed by atoms with van der Waals surface area (Å²) in [4.78, 5) is 15.9. The molecule has 1 aliphatic heterocycles. The first kappa shape index (κ1) is 22.7. The summed E-state index contributed by atoms with van der Waals surface area (Å²) in [6.07, 6.45) is 3.83. The standard InChI is InChI=1S/C23H32N4O2S2/c1-7-28-10-8-9-24-20-19-18(26-22(27-20)30-6)16-14-11-23(4,5)29-12-15(14)17(13(2)3)25-21(16)31-19/h13H,7-12H2,1-6H3,(H,24,26,27). The average molecular weight is 461 g/mol. The van der Waals surface area contributed by atoms with E-state index in [1.165, 1.54) is 16.5 Å². The van der Waals surface area contributed by atoms with Crippen molar-refractivity contribution in [1.29, 1.82) is 0 Å². The molecular formula is C23H32N4O2S2. The summed E-state index contributed by atoms with van der Waals surface area (Å²) in [6, 6.07) is 0. The van der Waals surface area contributed by atoms with Crippen molar-refractivity contribution in [1.82, 2.24) is 15.0 Å². The zero-order chi connectivity index (χ0) is 22.2. The van der Waals surface area contributed by atoms with Gasteiger partial charge in [-0.05, 0) is 44.9 Å². The molecule has 0 atom stereocenters. The lowest BCUT2D eigenvalue weighted by Crippen LogP contribution is -2.32. The zero-order valence-electron chi connectivity index (χ0n) is 19.3. The van der Waals surface area contributed by atoms with Gasteiger partial charge in [-0.2, -0.15) is 0 Å². The third-order valence-electron chi connectivity index (χ3n) is 5.59. The van der Waals surface area contributed by atoms with Crippen LogP contribution in [-0.2, 0) is 22.5 Å². The molecule has 8 heteroatoms. The average Bonchev–Trinajstić information content (AvgIpc) is 3.10. The number of rotatable bonds is 8. The van der Waals surface area contributed by atoms with Crippen molar-refractivity contribution >= 4 is 49.3 Å². The number of ether oxygens (including phenoxy) is 2. The topological polar surface area (TPSA) is 69.2 Å². The molecule has 31 heavy (non-hydrogen) atoms. The first-order valence-corrected chi connectivity index (χ1v) is 13.0. The van der Waals surface area contributed by atoms with Crippen molar-refractivity contribution in [3.8, 4) is 0 Å². The number of thioether (sulfide) groups is 1. The van der Waals surface area contributed by atoms with Gasteiger partial charge in [-0.25, -0.2) is 15.0 Å². The Morgan fingerprint density at radius 2 is 2.03 bits per heavy atom. The van der Waals surface area contributed by atoms with Crippen LogP contribution in [0.5, 0.6) is 0 Å².